The highest BCUT2D eigenvalue weighted by molar-refractivity contribution is 6.61. The van der Waals surface area contributed by atoms with Crippen LogP contribution in [0.2, 0.25) is 6.04 Å². The molecule has 0 aromatic heterocycles. The third-order valence-corrected chi connectivity index (χ3v) is 5.91. The fourth-order valence-electron chi connectivity index (χ4n) is 1.86. The third kappa shape index (κ3) is 7.30. The van der Waals surface area contributed by atoms with Gasteiger partial charge in [0.2, 0.25) is 0 Å². The van der Waals surface area contributed by atoms with Crippen LogP contribution in [-0.2, 0) is 18.1 Å². The molecule has 1 unspecified atom stereocenters. The number of nitrogens with zero attached hydrogens (tertiary/aromatic N) is 1. The first-order chi connectivity index (χ1) is 9.40. The SMILES string of the molecule is C=CC(=O)C(C)O[Si](CCCN(C)C)(OCC)OCC. The van der Waals surface area contributed by atoms with Crippen LogP contribution in [-0.4, -0.2) is 59.4 Å². The number of rotatable bonds is 12. The maximum absolute atomic E-state index is 11.6. The molecule has 0 aromatic rings. The molecule has 0 spiro atoms. The van der Waals surface area contributed by atoms with E-state index in [1.54, 1.807) is 6.92 Å². The van der Waals surface area contributed by atoms with Crippen molar-refractivity contribution in [3.05, 3.63) is 12.7 Å². The quantitative estimate of drug-likeness (QED) is 0.408. The summed E-state index contributed by atoms with van der Waals surface area (Å²) in [4.78, 5) is 13.7. The maximum Gasteiger partial charge on any atom is 0.501 e. The van der Waals surface area contributed by atoms with Gasteiger partial charge in [-0.3, -0.25) is 4.79 Å². The monoisotopic (exact) mass is 303 g/mol. The van der Waals surface area contributed by atoms with E-state index in [4.69, 9.17) is 13.3 Å². The molecule has 0 N–H and O–H groups in total. The molecule has 0 amide bonds. The van der Waals surface area contributed by atoms with Crippen LogP contribution in [0.3, 0.4) is 0 Å². The molecule has 0 saturated heterocycles. The molecule has 0 rings (SSSR count). The molecule has 118 valence electrons. The lowest BCUT2D eigenvalue weighted by Crippen LogP contribution is -2.49. The van der Waals surface area contributed by atoms with E-state index in [2.05, 4.69) is 11.5 Å². The summed E-state index contributed by atoms with van der Waals surface area (Å²) >= 11 is 0. The summed E-state index contributed by atoms with van der Waals surface area (Å²) in [5.41, 5.74) is 0. The molecule has 0 aliphatic heterocycles. The lowest BCUT2D eigenvalue weighted by atomic mass is 10.3. The summed E-state index contributed by atoms with van der Waals surface area (Å²) in [6.45, 7) is 11.0. The molecule has 5 nitrogen and oxygen atoms in total. The van der Waals surface area contributed by atoms with Crippen LogP contribution in [0, 0.1) is 0 Å². The first kappa shape index (κ1) is 19.5. The highest BCUT2D eigenvalue weighted by atomic mass is 28.4. The van der Waals surface area contributed by atoms with E-state index in [0.717, 1.165) is 13.0 Å². The predicted molar refractivity (Wildman–Crippen MR) is 82.7 cm³/mol. The highest BCUT2D eigenvalue weighted by Gasteiger charge is 2.42. The molecule has 0 fully saturated rings. The van der Waals surface area contributed by atoms with Gasteiger partial charge in [0.1, 0.15) is 6.10 Å². The Morgan fingerprint density at radius 1 is 1.30 bits per heavy atom. The molecule has 6 heteroatoms. The predicted octanol–water partition coefficient (Wildman–Crippen LogP) is 2.11. The summed E-state index contributed by atoms with van der Waals surface area (Å²) in [5, 5.41) is 0. The normalized spacial score (nSPS) is 13.5. The van der Waals surface area contributed by atoms with Gasteiger partial charge in [0, 0.05) is 19.3 Å². The zero-order valence-electron chi connectivity index (χ0n) is 13.5. The van der Waals surface area contributed by atoms with Gasteiger partial charge in [-0.1, -0.05) is 6.58 Å². The van der Waals surface area contributed by atoms with Crippen molar-refractivity contribution in [1.29, 1.82) is 0 Å². The molecule has 0 radical (unpaired) electrons. The molecular formula is C14H29NO4Si. The van der Waals surface area contributed by atoms with Gasteiger partial charge in [-0.15, -0.1) is 0 Å². The molecule has 0 aliphatic carbocycles. The van der Waals surface area contributed by atoms with Crippen LogP contribution < -0.4 is 0 Å². The van der Waals surface area contributed by atoms with Crippen molar-refractivity contribution in [1.82, 2.24) is 4.90 Å². The fourth-order valence-corrected chi connectivity index (χ4v) is 4.61. The Bertz CT molecular complexity index is 291. The molecular weight excluding hydrogens is 274 g/mol. The van der Waals surface area contributed by atoms with Gasteiger partial charge >= 0.3 is 8.80 Å². The van der Waals surface area contributed by atoms with Crippen molar-refractivity contribution < 1.29 is 18.1 Å². The summed E-state index contributed by atoms with van der Waals surface area (Å²) < 4.78 is 17.5. The fraction of sp³-hybridized carbons (Fsp3) is 0.786. The zero-order valence-corrected chi connectivity index (χ0v) is 14.5. The Kier molecular flexibility index (Phi) is 9.96. The van der Waals surface area contributed by atoms with E-state index in [1.165, 1.54) is 6.08 Å². The average Bonchev–Trinajstić information content (AvgIpc) is 2.37. The van der Waals surface area contributed by atoms with E-state index < -0.39 is 14.9 Å². The standard InChI is InChI=1S/C14H29NO4Si/c1-7-14(16)13(4)19-20(17-8-2,18-9-3)12-10-11-15(5)6/h7,13H,1,8-12H2,2-6H3. The first-order valence-electron chi connectivity index (χ1n) is 7.17. The molecule has 20 heavy (non-hydrogen) atoms. The van der Waals surface area contributed by atoms with Crippen molar-refractivity contribution in [3.8, 4) is 0 Å². The third-order valence-electron chi connectivity index (χ3n) is 2.77. The second-order valence-corrected chi connectivity index (χ2v) is 7.50. The minimum Gasteiger partial charge on any atom is -0.374 e. The lowest BCUT2D eigenvalue weighted by molar-refractivity contribution is -0.122. The number of ketones is 1. The van der Waals surface area contributed by atoms with Crippen LogP contribution in [0.4, 0.5) is 0 Å². The largest absolute Gasteiger partial charge is 0.501 e. The van der Waals surface area contributed by atoms with Crippen molar-refractivity contribution in [2.75, 3.05) is 33.9 Å². The topological polar surface area (TPSA) is 48.0 Å². The number of hydrogen-bond acceptors (Lipinski definition) is 5. The van der Waals surface area contributed by atoms with Gasteiger partial charge in [0.15, 0.2) is 5.78 Å². The van der Waals surface area contributed by atoms with Crippen molar-refractivity contribution in [2.24, 2.45) is 0 Å². The average molecular weight is 303 g/mol. The van der Waals surface area contributed by atoms with E-state index >= 15 is 0 Å². The van der Waals surface area contributed by atoms with Crippen LogP contribution in [0.1, 0.15) is 27.2 Å². The minimum absolute atomic E-state index is 0.145. The van der Waals surface area contributed by atoms with E-state index in [-0.39, 0.29) is 5.78 Å². The summed E-state index contributed by atoms with van der Waals surface area (Å²) in [7, 11) is 1.25. The minimum atomic E-state index is -2.80. The van der Waals surface area contributed by atoms with Gasteiger partial charge in [-0.05, 0) is 53.9 Å². The van der Waals surface area contributed by atoms with Crippen LogP contribution >= 0.6 is 0 Å². The van der Waals surface area contributed by atoms with Crippen molar-refractivity contribution >= 4 is 14.6 Å². The Morgan fingerprint density at radius 2 is 1.85 bits per heavy atom. The molecule has 0 saturated carbocycles. The van der Waals surface area contributed by atoms with Crippen LogP contribution in [0.15, 0.2) is 12.7 Å². The first-order valence-corrected chi connectivity index (χ1v) is 9.10. The Labute approximate surface area is 124 Å². The second kappa shape index (κ2) is 10.2. The molecule has 0 aliphatic rings. The summed E-state index contributed by atoms with van der Waals surface area (Å²) in [5.74, 6) is -0.145. The van der Waals surface area contributed by atoms with E-state index in [0.29, 0.717) is 19.3 Å². The highest BCUT2D eigenvalue weighted by Crippen LogP contribution is 2.20. The van der Waals surface area contributed by atoms with Gasteiger partial charge in [0.05, 0.1) is 0 Å². The molecule has 0 heterocycles. The Hall–Kier alpha value is -0.533. The van der Waals surface area contributed by atoms with Crippen LogP contribution in [0.25, 0.3) is 0 Å². The number of carbonyl (C=O) groups is 1. The maximum atomic E-state index is 11.6. The van der Waals surface area contributed by atoms with E-state index in [9.17, 15) is 4.79 Å². The van der Waals surface area contributed by atoms with Crippen molar-refractivity contribution in [2.45, 2.75) is 39.3 Å². The Balaban J connectivity index is 4.80. The van der Waals surface area contributed by atoms with E-state index in [1.807, 2.05) is 27.9 Å². The molecule has 1 atom stereocenters. The Morgan fingerprint density at radius 3 is 2.25 bits per heavy atom. The van der Waals surface area contributed by atoms with Gasteiger partial charge in [0.25, 0.3) is 0 Å². The molecule has 0 bridgehead atoms. The van der Waals surface area contributed by atoms with Gasteiger partial charge < -0.3 is 18.2 Å². The summed E-state index contributed by atoms with van der Waals surface area (Å²) in [6, 6.07) is 0.710. The smallest absolute Gasteiger partial charge is 0.374 e. The second-order valence-electron chi connectivity index (χ2n) is 4.82. The van der Waals surface area contributed by atoms with Crippen LogP contribution in [0.5, 0.6) is 0 Å². The van der Waals surface area contributed by atoms with Crippen molar-refractivity contribution in [3.63, 3.8) is 0 Å². The molecule has 0 aromatic carbocycles. The van der Waals surface area contributed by atoms with Gasteiger partial charge in [-0.2, -0.15) is 0 Å². The zero-order chi connectivity index (χ0) is 15.6. The number of carbonyl (C=O) groups excluding carboxylic acids is 1. The lowest BCUT2D eigenvalue weighted by Gasteiger charge is -2.31. The number of hydrogen-bond donors (Lipinski definition) is 0. The van der Waals surface area contributed by atoms with Gasteiger partial charge in [-0.25, -0.2) is 0 Å². The summed E-state index contributed by atoms with van der Waals surface area (Å²) in [6.07, 6.45) is 1.62.